The average Bonchev–Trinajstić information content (AvgIpc) is 2.84. The summed E-state index contributed by atoms with van der Waals surface area (Å²) < 4.78 is 34.4. The molecule has 1 N–H and O–H groups in total. The summed E-state index contributed by atoms with van der Waals surface area (Å²) in [7, 11) is -0.800. The molecule has 0 saturated carbocycles. The van der Waals surface area contributed by atoms with Crippen molar-refractivity contribution in [3.63, 3.8) is 0 Å². The Bertz CT molecular complexity index is 1500. The van der Waals surface area contributed by atoms with E-state index in [2.05, 4.69) is 4.72 Å². The number of fused-ring (bicyclic) bond motifs is 1. The molecule has 0 fully saturated rings. The second kappa shape index (κ2) is 8.97. The number of sulfonamides is 1. The van der Waals surface area contributed by atoms with Gasteiger partial charge in [-0.1, -0.05) is 36.7 Å². The molecule has 3 aromatic carbocycles. The van der Waals surface area contributed by atoms with Crippen molar-refractivity contribution in [3.8, 4) is 11.4 Å². The Morgan fingerprint density at radius 1 is 1.06 bits per heavy atom. The largest absolute Gasteiger partial charge is 0.497 e. The summed E-state index contributed by atoms with van der Waals surface area (Å²) >= 11 is 6.15. The smallest absolute Gasteiger partial charge is 0.266 e. The lowest BCUT2D eigenvalue weighted by atomic mass is 9.99. The SMILES string of the molecule is CNS(=O)(=O)c1ccccc1C(C)c1nc2ccc(Cl)cc2c(=O)n1-c1ccc(OC)cc1. The third-order valence-corrected chi connectivity index (χ3v) is 7.24. The molecular weight excluding hydrogens is 462 g/mol. The van der Waals surface area contributed by atoms with Crippen molar-refractivity contribution in [1.29, 1.82) is 0 Å². The zero-order valence-electron chi connectivity index (χ0n) is 18.2. The number of nitrogens with zero attached hydrogens (tertiary/aromatic N) is 2. The van der Waals surface area contributed by atoms with Gasteiger partial charge in [0.15, 0.2) is 0 Å². The van der Waals surface area contributed by atoms with Gasteiger partial charge in [0, 0.05) is 10.9 Å². The molecule has 7 nitrogen and oxygen atoms in total. The first-order chi connectivity index (χ1) is 15.8. The quantitative estimate of drug-likeness (QED) is 0.445. The first kappa shape index (κ1) is 23.0. The minimum Gasteiger partial charge on any atom is -0.497 e. The Labute approximate surface area is 196 Å². The minimum atomic E-state index is -3.73. The van der Waals surface area contributed by atoms with Crippen LogP contribution in [0.3, 0.4) is 0 Å². The normalized spacial score (nSPS) is 12.6. The van der Waals surface area contributed by atoms with Crippen LogP contribution in [-0.2, 0) is 10.0 Å². The third-order valence-electron chi connectivity index (χ3n) is 5.52. The molecule has 33 heavy (non-hydrogen) atoms. The van der Waals surface area contributed by atoms with Gasteiger partial charge in [-0.05, 0) is 61.1 Å². The van der Waals surface area contributed by atoms with Gasteiger partial charge in [0.2, 0.25) is 10.0 Å². The number of hydrogen-bond donors (Lipinski definition) is 1. The predicted molar refractivity (Wildman–Crippen MR) is 129 cm³/mol. The van der Waals surface area contributed by atoms with Gasteiger partial charge in [-0.25, -0.2) is 18.1 Å². The molecule has 0 radical (unpaired) electrons. The zero-order valence-corrected chi connectivity index (χ0v) is 19.8. The molecule has 170 valence electrons. The molecule has 1 unspecified atom stereocenters. The van der Waals surface area contributed by atoms with Crippen LogP contribution in [0.4, 0.5) is 0 Å². The van der Waals surface area contributed by atoms with Gasteiger partial charge in [0.1, 0.15) is 11.6 Å². The van der Waals surface area contributed by atoms with E-state index in [0.29, 0.717) is 38.8 Å². The van der Waals surface area contributed by atoms with Crippen molar-refractivity contribution in [2.45, 2.75) is 17.7 Å². The van der Waals surface area contributed by atoms with Crippen molar-refractivity contribution >= 4 is 32.5 Å². The Kier molecular flexibility index (Phi) is 6.25. The highest BCUT2D eigenvalue weighted by Gasteiger charge is 2.25. The fourth-order valence-corrected chi connectivity index (χ4v) is 4.98. The summed E-state index contributed by atoms with van der Waals surface area (Å²) in [6, 6.07) is 18.6. The van der Waals surface area contributed by atoms with Crippen molar-refractivity contribution in [1.82, 2.24) is 14.3 Å². The number of hydrogen-bond acceptors (Lipinski definition) is 5. The van der Waals surface area contributed by atoms with Gasteiger partial charge in [0.25, 0.3) is 5.56 Å². The summed E-state index contributed by atoms with van der Waals surface area (Å²) in [5.74, 6) is 0.515. The summed E-state index contributed by atoms with van der Waals surface area (Å²) in [5, 5.41) is 0.791. The minimum absolute atomic E-state index is 0.131. The maximum atomic E-state index is 13.6. The van der Waals surface area contributed by atoms with Crippen molar-refractivity contribution in [2.75, 3.05) is 14.2 Å². The molecule has 0 bridgehead atoms. The highest BCUT2D eigenvalue weighted by molar-refractivity contribution is 7.89. The number of benzene rings is 3. The van der Waals surface area contributed by atoms with Crippen LogP contribution < -0.4 is 15.0 Å². The molecule has 4 aromatic rings. The van der Waals surface area contributed by atoms with Gasteiger partial charge in [0.05, 0.1) is 28.6 Å². The molecule has 4 rings (SSSR count). The van der Waals surface area contributed by atoms with E-state index < -0.39 is 15.9 Å². The van der Waals surface area contributed by atoms with E-state index in [1.165, 1.54) is 17.7 Å². The predicted octanol–water partition coefficient (Wildman–Crippen LogP) is 4.11. The van der Waals surface area contributed by atoms with Gasteiger partial charge < -0.3 is 4.74 Å². The van der Waals surface area contributed by atoms with Gasteiger partial charge in [-0.15, -0.1) is 0 Å². The first-order valence-electron chi connectivity index (χ1n) is 10.2. The fourth-order valence-electron chi connectivity index (χ4n) is 3.78. The number of ether oxygens (including phenoxy) is 1. The third kappa shape index (κ3) is 4.25. The van der Waals surface area contributed by atoms with E-state index in [1.807, 2.05) is 6.92 Å². The van der Waals surface area contributed by atoms with E-state index in [-0.39, 0.29) is 10.5 Å². The van der Waals surface area contributed by atoms with Gasteiger partial charge in [-0.2, -0.15) is 0 Å². The zero-order chi connectivity index (χ0) is 23.8. The molecule has 9 heteroatoms. The first-order valence-corrected chi connectivity index (χ1v) is 12.0. The molecule has 0 aliphatic heterocycles. The van der Waals surface area contributed by atoms with Gasteiger partial charge in [-0.3, -0.25) is 9.36 Å². The Morgan fingerprint density at radius 2 is 1.76 bits per heavy atom. The number of methoxy groups -OCH3 is 1. The highest BCUT2D eigenvalue weighted by Crippen LogP contribution is 2.30. The van der Waals surface area contributed by atoms with Crippen LogP contribution in [0, 0.1) is 0 Å². The Hall–Kier alpha value is -3.20. The van der Waals surface area contributed by atoms with E-state index in [1.54, 1.807) is 67.8 Å². The van der Waals surface area contributed by atoms with Crippen LogP contribution in [-0.4, -0.2) is 32.1 Å². The van der Waals surface area contributed by atoms with Crippen LogP contribution in [0.1, 0.15) is 24.2 Å². The van der Waals surface area contributed by atoms with E-state index in [4.69, 9.17) is 21.3 Å². The topological polar surface area (TPSA) is 90.3 Å². The molecule has 1 atom stereocenters. The van der Waals surface area contributed by atoms with Crippen molar-refractivity contribution in [3.05, 3.63) is 93.5 Å². The van der Waals surface area contributed by atoms with Gasteiger partial charge >= 0.3 is 0 Å². The van der Waals surface area contributed by atoms with Crippen LogP contribution in [0.25, 0.3) is 16.6 Å². The lowest BCUT2D eigenvalue weighted by molar-refractivity contribution is 0.414. The maximum Gasteiger partial charge on any atom is 0.266 e. The molecule has 0 spiro atoms. The average molecular weight is 484 g/mol. The number of halogens is 1. The van der Waals surface area contributed by atoms with E-state index in [9.17, 15) is 13.2 Å². The Morgan fingerprint density at radius 3 is 2.42 bits per heavy atom. The molecule has 1 heterocycles. The number of aromatic nitrogens is 2. The highest BCUT2D eigenvalue weighted by atomic mass is 35.5. The second-order valence-corrected chi connectivity index (χ2v) is 9.73. The van der Waals surface area contributed by atoms with Crippen LogP contribution in [0.5, 0.6) is 5.75 Å². The summed E-state index contributed by atoms with van der Waals surface area (Å²) in [6.07, 6.45) is 0. The lowest BCUT2D eigenvalue weighted by Gasteiger charge is -2.21. The number of rotatable bonds is 6. The van der Waals surface area contributed by atoms with E-state index in [0.717, 1.165) is 0 Å². The fraction of sp³-hybridized carbons (Fsp3) is 0.167. The summed E-state index contributed by atoms with van der Waals surface area (Å²) in [5.41, 5.74) is 1.27. The molecule has 1 aromatic heterocycles. The molecule has 0 saturated heterocycles. The van der Waals surface area contributed by atoms with Crippen LogP contribution in [0.15, 0.2) is 76.4 Å². The summed E-state index contributed by atoms with van der Waals surface area (Å²) in [6.45, 7) is 1.83. The standard InChI is InChI=1S/C24H22ClN3O4S/c1-15(19-6-4-5-7-22(19)33(30,31)26-2)23-27-21-13-8-16(25)14-20(21)24(29)28(23)17-9-11-18(32-3)12-10-17/h4-15,26H,1-3H3. The monoisotopic (exact) mass is 483 g/mol. The van der Waals surface area contributed by atoms with Crippen LogP contribution in [0.2, 0.25) is 5.02 Å². The Balaban J connectivity index is 2.03. The maximum absolute atomic E-state index is 13.6. The van der Waals surface area contributed by atoms with Crippen LogP contribution >= 0.6 is 11.6 Å². The number of nitrogens with one attached hydrogen (secondary N) is 1. The molecule has 0 aliphatic rings. The molecule has 0 amide bonds. The second-order valence-electron chi connectivity index (χ2n) is 7.44. The summed E-state index contributed by atoms with van der Waals surface area (Å²) in [4.78, 5) is 18.5. The van der Waals surface area contributed by atoms with E-state index >= 15 is 0 Å². The molecular formula is C24H22ClN3O4S. The van der Waals surface area contributed by atoms with Crippen molar-refractivity contribution in [2.24, 2.45) is 0 Å². The molecule has 0 aliphatic carbocycles. The van der Waals surface area contributed by atoms with Crippen molar-refractivity contribution < 1.29 is 13.2 Å². The lowest BCUT2D eigenvalue weighted by Crippen LogP contribution is -2.27.